The number of rotatable bonds is 1. The second-order valence-electron chi connectivity index (χ2n) is 6.36. The van der Waals surface area contributed by atoms with Crippen LogP contribution in [0.4, 0.5) is 4.79 Å². The zero-order valence-corrected chi connectivity index (χ0v) is 11.6. The van der Waals surface area contributed by atoms with E-state index in [-0.39, 0.29) is 24.2 Å². The lowest BCUT2D eigenvalue weighted by molar-refractivity contribution is -0.00704. The van der Waals surface area contributed by atoms with Gasteiger partial charge in [0.1, 0.15) is 5.60 Å². The van der Waals surface area contributed by atoms with Crippen LogP contribution < -0.4 is 5.32 Å². The predicted molar refractivity (Wildman–Crippen MR) is 68.4 cm³/mol. The lowest BCUT2D eigenvalue weighted by atomic mass is 10.0. The third-order valence-corrected chi connectivity index (χ3v) is 3.67. The summed E-state index contributed by atoms with van der Waals surface area (Å²) in [5.41, 5.74) is -0.471. The van der Waals surface area contributed by atoms with Crippen molar-refractivity contribution < 1.29 is 14.6 Å². The van der Waals surface area contributed by atoms with Gasteiger partial charge in [0, 0.05) is 12.6 Å². The summed E-state index contributed by atoms with van der Waals surface area (Å²) in [5, 5.41) is 13.1. The Balaban J connectivity index is 2.10. The van der Waals surface area contributed by atoms with Gasteiger partial charge in [0.25, 0.3) is 0 Å². The monoisotopic (exact) mass is 256 g/mol. The number of hydrogen-bond acceptors (Lipinski definition) is 4. The van der Waals surface area contributed by atoms with Crippen LogP contribution in [-0.4, -0.2) is 52.5 Å². The zero-order chi connectivity index (χ0) is 13.5. The van der Waals surface area contributed by atoms with Crippen LogP contribution in [0.25, 0.3) is 0 Å². The van der Waals surface area contributed by atoms with E-state index < -0.39 is 11.7 Å². The smallest absolute Gasteiger partial charge is 0.410 e. The molecule has 104 valence electrons. The fraction of sp³-hybridized carbons (Fsp3) is 0.923. The van der Waals surface area contributed by atoms with Crippen LogP contribution in [0.5, 0.6) is 0 Å². The maximum absolute atomic E-state index is 12.2. The molecule has 0 aliphatic carbocycles. The highest BCUT2D eigenvalue weighted by molar-refractivity contribution is 5.70. The fourth-order valence-electron chi connectivity index (χ4n) is 2.96. The molecule has 2 aliphatic rings. The SMILES string of the molecule is C[C@H](O)C1NC[C@@H]2CC[C@H]1N2C(=O)OC(C)(C)C. The van der Waals surface area contributed by atoms with Crippen LogP contribution in [0, 0.1) is 0 Å². The Morgan fingerprint density at radius 3 is 2.67 bits per heavy atom. The van der Waals surface area contributed by atoms with Gasteiger partial charge in [-0.3, -0.25) is 4.90 Å². The third kappa shape index (κ3) is 2.62. The molecule has 0 spiro atoms. The number of aliphatic hydroxyl groups is 1. The number of carbonyl (C=O) groups is 1. The molecule has 0 aromatic heterocycles. The molecular formula is C13H24N2O3. The third-order valence-electron chi connectivity index (χ3n) is 3.67. The van der Waals surface area contributed by atoms with E-state index in [9.17, 15) is 9.90 Å². The number of fused-ring (bicyclic) bond motifs is 2. The summed E-state index contributed by atoms with van der Waals surface area (Å²) in [6.45, 7) is 8.14. The van der Waals surface area contributed by atoms with E-state index in [1.807, 2.05) is 25.7 Å². The standard InChI is InChI=1S/C13H24N2O3/c1-8(16)11-10-6-5-9(7-14-11)15(10)12(17)18-13(2,3)4/h8-11,14,16H,5-7H2,1-4H3/t8-,9-,10+,11?/m0/s1. The second-order valence-corrected chi connectivity index (χ2v) is 6.36. The molecule has 0 saturated carbocycles. The Labute approximate surface area is 108 Å². The molecule has 4 atom stereocenters. The summed E-state index contributed by atoms with van der Waals surface area (Å²) in [6, 6.07) is 0.217. The van der Waals surface area contributed by atoms with Crippen molar-refractivity contribution in [2.24, 2.45) is 0 Å². The van der Waals surface area contributed by atoms with Gasteiger partial charge in [-0.05, 0) is 40.5 Å². The van der Waals surface area contributed by atoms with Crippen LogP contribution in [-0.2, 0) is 4.74 Å². The van der Waals surface area contributed by atoms with E-state index >= 15 is 0 Å². The van der Waals surface area contributed by atoms with Gasteiger partial charge < -0.3 is 15.2 Å². The maximum atomic E-state index is 12.2. The molecule has 0 aromatic rings. The summed E-state index contributed by atoms with van der Waals surface area (Å²) in [7, 11) is 0. The van der Waals surface area contributed by atoms with Crippen molar-refractivity contribution in [3.63, 3.8) is 0 Å². The molecule has 0 aromatic carbocycles. The van der Waals surface area contributed by atoms with Gasteiger partial charge in [-0.1, -0.05) is 0 Å². The van der Waals surface area contributed by atoms with Crippen LogP contribution in [0.1, 0.15) is 40.5 Å². The lowest BCUT2D eigenvalue weighted by Crippen LogP contribution is -2.63. The van der Waals surface area contributed by atoms with E-state index in [1.54, 1.807) is 6.92 Å². The first-order valence-electron chi connectivity index (χ1n) is 6.72. The first-order valence-corrected chi connectivity index (χ1v) is 6.72. The van der Waals surface area contributed by atoms with Gasteiger partial charge in [0.15, 0.2) is 0 Å². The summed E-state index contributed by atoms with van der Waals surface area (Å²) >= 11 is 0. The van der Waals surface area contributed by atoms with Gasteiger partial charge in [-0.15, -0.1) is 0 Å². The Kier molecular flexibility index (Phi) is 3.56. The number of amides is 1. The molecule has 0 radical (unpaired) electrons. The number of nitrogens with one attached hydrogen (secondary N) is 1. The minimum Gasteiger partial charge on any atom is -0.444 e. The van der Waals surface area contributed by atoms with E-state index in [0.29, 0.717) is 0 Å². The van der Waals surface area contributed by atoms with Crippen LogP contribution in [0.2, 0.25) is 0 Å². The van der Waals surface area contributed by atoms with Crippen molar-refractivity contribution in [1.29, 1.82) is 0 Å². The van der Waals surface area contributed by atoms with Gasteiger partial charge in [-0.2, -0.15) is 0 Å². The van der Waals surface area contributed by atoms with Crippen LogP contribution in [0.15, 0.2) is 0 Å². The largest absolute Gasteiger partial charge is 0.444 e. The molecule has 2 fully saturated rings. The minimum atomic E-state index is -0.471. The highest BCUT2D eigenvalue weighted by atomic mass is 16.6. The predicted octanol–water partition coefficient (Wildman–Crippen LogP) is 1.11. The number of piperazine rings is 1. The molecule has 2 bridgehead atoms. The van der Waals surface area contributed by atoms with E-state index in [4.69, 9.17) is 4.74 Å². The van der Waals surface area contributed by atoms with E-state index in [1.165, 1.54) is 0 Å². The summed E-state index contributed by atoms with van der Waals surface area (Å²) in [4.78, 5) is 14.1. The Bertz CT molecular complexity index is 325. The second kappa shape index (κ2) is 4.70. The molecule has 2 N–H and O–H groups in total. The Morgan fingerprint density at radius 1 is 1.44 bits per heavy atom. The summed E-state index contributed by atoms with van der Waals surface area (Å²) < 4.78 is 5.46. The number of aliphatic hydroxyl groups excluding tert-OH is 1. The van der Waals surface area contributed by atoms with Gasteiger partial charge in [0.2, 0.25) is 0 Å². The molecule has 2 rings (SSSR count). The quantitative estimate of drug-likeness (QED) is 0.737. The summed E-state index contributed by atoms with van der Waals surface area (Å²) in [5.74, 6) is 0. The highest BCUT2D eigenvalue weighted by Crippen LogP contribution is 2.32. The van der Waals surface area contributed by atoms with Gasteiger partial charge in [0.05, 0.1) is 18.2 Å². The van der Waals surface area contributed by atoms with Crippen molar-refractivity contribution in [1.82, 2.24) is 10.2 Å². The van der Waals surface area contributed by atoms with E-state index in [0.717, 1.165) is 19.4 Å². The lowest BCUT2D eigenvalue weighted by Gasteiger charge is -2.42. The highest BCUT2D eigenvalue weighted by Gasteiger charge is 2.47. The Hall–Kier alpha value is -0.810. The van der Waals surface area contributed by atoms with Crippen molar-refractivity contribution in [2.75, 3.05) is 6.54 Å². The first kappa shape index (κ1) is 13.6. The van der Waals surface area contributed by atoms with Gasteiger partial charge >= 0.3 is 6.09 Å². The average Bonchev–Trinajstić information content (AvgIpc) is 2.49. The van der Waals surface area contributed by atoms with Crippen LogP contribution in [0.3, 0.4) is 0 Å². The fourth-order valence-corrected chi connectivity index (χ4v) is 2.96. The van der Waals surface area contributed by atoms with Gasteiger partial charge in [-0.25, -0.2) is 4.79 Å². The number of ether oxygens (including phenoxy) is 1. The number of carbonyl (C=O) groups excluding carboxylic acids is 1. The van der Waals surface area contributed by atoms with Crippen molar-refractivity contribution in [3.8, 4) is 0 Å². The topological polar surface area (TPSA) is 61.8 Å². The summed E-state index contributed by atoms with van der Waals surface area (Å²) in [6.07, 6.45) is 1.22. The number of nitrogens with zero attached hydrogens (tertiary/aromatic N) is 1. The molecular weight excluding hydrogens is 232 g/mol. The zero-order valence-electron chi connectivity index (χ0n) is 11.6. The minimum absolute atomic E-state index is 0.0451. The maximum Gasteiger partial charge on any atom is 0.410 e. The Morgan fingerprint density at radius 2 is 2.11 bits per heavy atom. The molecule has 1 unspecified atom stereocenters. The van der Waals surface area contributed by atoms with Crippen molar-refractivity contribution in [2.45, 2.75) is 70.4 Å². The van der Waals surface area contributed by atoms with Crippen molar-refractivity contribution in [3.05, 3.63) is 0 Å². The molecule has 1 amide bonds. The van der Waals surface area contributed by atoms with Crippen molar-refractivity contribution >= 4 is 6.09 Å². The molecule has 2 aliphatic heterocycles. The molecule has 2 heterocycles. The molecule has 2 saturated heterocycles. The van der Waals surface area contributed by atoms with E-state index in [2.05, 4.69) is 5.32 Å². The average molecular weight is 256 g/mol. The van der Waals surface area contributed by atoms with Crippen LogP contribution >= 0.6 is 0 Å². The number of hydrogen-bond donors (Lipinski definition) is 2. The molecule has 18 heavy (non-hydrogen) atoms. The normalized spacial score (nSPS) is 33.4. The molecule has 5 nitrogen and oxygen atoms in total. The first-order chi connectivity index (χ1) is 8.29. The molecule has 5 heteroatoms.